The zero-order valence-electron chi connectivity index (χ0n) is 80.1. The van der Waals surface area contributed by atoms with Crippen LogP contribution in [0.3, 0.4) is 0 Å². The maximum Gasteiger partial charge on any atom is 0.344 e. The molecular weight excluding hydrogens is 1950 g/mol. The molecular formula is C104H96N4O36S2. The second-order valence-corrected chi connectivity index (χ2v) is 32.3. The summed E-state index contributed by atoms with van der Waals surface area (Å²) in [5.41, 5.74) is 7.38. The predicted octanol–water partition coefficient (Wildman–Crippen LogP) is 16.9. The highest BCUT2D eigenvalue weighted by molar-refractivity contribution is 7.84. The Labute approximate surface area is 836 Å². The van der Waals surface area contributed by atoms with Gasteiger partial charge in [-0.1, -0.05) is 121 Å². The Morgan fingerprint density at radius 2 is 0.411 bits per heavy atom. The summed E-state index contributed by atoms with van der Waals surface area (Å²) in [6.07, 6.45) is 15.0. The summed E-state index contributed by atoms with van der Waals surface area (Å²) in [6.45, 7) is 2.86. The largest absolute Gasteiger partial charge is 0.497 e. The van der Waals surface area contributed by atoms with E-state index >= 15 is 0 Å². The molecule has 0 spiro atoms. The molecule has 146 heavy (non-hydrogen) atoms. The van der Waals surface area contributed by atoms with Gasteiger partial charge in [-0.25, -0.2) is 29.5 Å². The Hall–Kier alpha value is -18.1. The van der Waals surface area contributed by atoms with Gasteiger partial charge in [0.1, 0.15) is 105 Å². The number of carbonyl (C=O) groups is 8. The van der Waals surface area contributed by atoms with Crippen LogP contribution in [0.1, 0.15) is 136 Å². The lowest BCUT2D eigenvalue weighted by Gasteiger charge is -2.11. The Balaban J connectivity index is 0.000000217. The topological polar surface area (TPSA) is 528 Å². The van der Waals surface area contributed by atoms with Gasteiger partial charge in [0.25, 0.3) is 10.2 Å². The van der Waals surface area contributed by atoms with Crippen LogP contribution in [0.25, 0.3) is 48.6 Å². The van der Waals surface area contributed by atoms with Gasteiger partial charge in [-0.2, -0.15) is 16.8 Å². The maximum atomic E-state index is 12.9. The summed E-state index contributed by atoms with van der Waals surface area (Å²) in [5.74, 6) is 1.04. The fourth-order valence-electron chi connectivity index (χ4n) is 12.6. The van der Waals surface area contributed by atoms with E-state index in [0.717, 1.165) is 44.5 Å². The molecule has 0 aliphatic heterocycles. The van der Waals surface area contributed by atoms with Gasteiger partial charge in [-0.05, 0) is 212 Å². The van der Waals surface area contributed by atoms with Crippen LogP contribution in [-0.4, -0.2) is 132 Å². The molecule has 0 atom stereocenters. The van der Waals surface area contributed by atoms with Crippen molar-refractivity contribution in [3.05, 3.63) is 352 Å². The standard InChI is InChI=1S/2C26H25NO9S.2C26H23NO9/c2*1-17(28)35-22-11-8-20(16-34-37(27,30)31)25(15-22)26(29)36-21-9-6-18(7-10-21)4-5-19-12-23(32-2)14-24(13-19)33-3;2*1-17(28)35-22-11-8-20(16-34-27(30)31)25(15-22)26(29)36-21-9-6-18(7-10-21)4-5-19-12-23(32-2)14-24(13-19)33-3/h2*4-15H,16H2,1-3H3,(H2,27,30,31);2*4-15H,16H2,1-3H3/b4*5-4+. The van der Waals surface area contributed by atoms with Crippen molar-refractivity contribution in [2.75, 3.05) is 56.9 Å². The van der Waals surface area contributed by atoms with Gasteiger partial charge in [-0.3, -0.25) is 27.5 Å². The zero-order valence-corrected chi connectivity index (χ0v) is 81.7. The number of carbonyl (C=O) groups excluding carboxylic acids is 8. The van der Waals surface area contributed by atoms with E-state index in [1.165, 1.54) is 100 Å². The monoisotopic (exact) mass is 2040 g/mol. The third-order valence-electron chi connectivity index (χ3n) is 19.4. The molecule has 0 fully saturated rings. The van der Waals surface area contributed by atoms with E-state index in [1.54, 1.807) is 178 Å². The first-order valence-corrected chi connectivity index (χ1v) is 45.7. The average Bonchev–Trinajstić information content (AvgIpc) is 0.840. The van der Waals surface area contributed by atoms with Crippen LogP contribution < -0.4 is 86.1 Å². The lowest BCUT2D eigenvalue weighted by molar-refractivity contribution is -0.763. The smallest absolute Gasteiger partial charge is 0.344 e. The van der Waals surface area contributed by atoms with Crippen molar-refractivity contribution in [3.63, 3.8) is 0 Å². The van der Waals surface area contributed by atoms with Crippen molar-refractivity contribution in [1.29, 1.82) is 0 Å². The van der Waals surface area contributed by atoms with Gasteiger partial charge >= 0.3 is 68.4 Å². The Morgan fingerprint density at radius 1 is 0.240 bits per heavy atom. The minimum absolute atomic E-state index is 0.0356. The molecule has 760 valence electrons. The minimum Gasteiger partial charge on any atom is -0.497 e. The Morgan fingerprint density at radius 3 is 0.575 bits per heavy atom. The normalized spacial score (nSPS) is 10.9. The Bertz CT molecular complexity index is 6560. The molecule has 0 amide bonds. The molecule has 40 nitrogen and oxygen atoms in total. The van der Waals surface area contributed by atoms with Crippen molar-refractivity contribution in [2.24, 2.45) is 10.3 Å². The third-order valence-corrected chi connectivity index (χ3v) is 20.3. The van der Waals surface area contributed by atoms with Crippen LogP contribution in [0, 0.1) is 20.2 Å². The van der Waals surface area contributed by atoms with Gasteiger partial charge in [0, 0.05) is 52.0 Å². The summed E-state index contributed by atoms with van der Waals surface area (Å²) in [6, 6.07) is 64.9. The van der Waals surface area contributed by atoms with Crippen molar-refractivity contribution in [1.82, 2.24) is 0 Å². The summed E-state index contributed by atoms with van der Waals surface area (Å²) in [5, 5.41) is 29.0. The van der Waals surface area contributed by atoms with Gasteiger partial charge in [-0.15, -0.1) is 20.2 Å². The number of nitrogens with two attached hydrogens (primary N) is 2. The molecule has 0 bridgehead atoms. The lowest BCUT2D eigenvalue weighted by Crippen LogP contribution is -2.18. The number of esters is 8. The number of rotatable bonds is 40. The van der Waals surface area contributed by atoms with Gasteiger partial charge < -0.3 is 85.5 Å². The second kappa shape index (κ2) is 54.6. The number of nitrogens with zero attached hydrogens (tertiary/aromatic N) is 2. The van der Waals surface area contributed by atoms with Crippen molar-refractivity contribution < 1.29 is 159 Å². The average molecular weight is 2040 g/mol. The highest BCUT2D eigenvalue weighted by Gasteiger charge is 2.24. The first kappa shape index (κ1) is 112. The molecule has 12 aromatic rings. The summed E-state index contributed by atoms with van der Waals surface area (Å²) in [7, 11) is 4.11. The Kier molecular flexibility index (Phi) is 41.7. The second-order valence-electron chi connectivity index (χ2n) is 29.9. The molecule has 42 heteroatoms. The van der Waals surface area contributed by atoms with E-state index in [4.69, 9.17) is 86.1 Å². The van der Waals surface area contributed by atoms with Crippen LogP contribution in [0.4, 0.5) is 0 Å². The molecule has 4 N–H and O–H groups in total. The van der Waals surface area contributed by atoms with Crippen molar-refractivity contribution in [2.45, 2.75) is 54.1 Å². The van der Waals surface area contributed by atoms with E-state index < -0.39 is 105 Å². The molecule has 0 unspecified atom stereocenters. The van der Waals surface area contributed by atoms with Crippen LogP contribution >= 0.6 is 0 Å². The third kappa shape index (κ3) is 37.8. The molecule has 12 aromatic carbocycles. The van der Waals surface area contributed by atoms with Gasteiger partial charge in [0.15, 0.2) is 0 Å². The van der Waals surface area contributed by atoms with Crippen molar-refractivity contribution >= 4 is 117 Å². The van der Waals surface area contributed by atoms with E-state index in [9.17, 15) is 75.4 Å². The van der Waals surface area contributed by atoms with Gasteiger partial charge in [0.2, 0.25) is 0 Å². The predicted molar refractivity (Wildman–Crippen MR) is 530 cm³/mol. The number of ether oxygens (including phenoxy) is 16. The van der Waals surface area contributed by atoms with Crippen LogP contribution in [-0.2, 0) is 84.3 Å². The van der Waals surface area contributed by atoms with Crippen LogP contribution in [0.2, 0.25) is 0 Å². The van der Waals surface area contributed by atoms with Crippen LogP contribution in [0.5, 0.6) is 92.0 Å². The molecule has 0 heterocycles. The molecule has 0 saturated heterocycles. The fraction of sp³-hybridized carbons (Fsp3) is 0.154. The zero-order chi connectivity index (χ0) is 106. The highest BCUT2D eigenvalue weighted by atomic mass is 32.2. The fourth-order valence-corrected chi connectivity index (χ4v) is 13.2. The molecule has 0 saturated carbocycles. The minimum atomic E-state index is -4.25. The quantitative estimate of drug-likeness (QED) is 0.0118. The summed E-state index contributed by atoms with van der Waals surface area (Å²) < 4.78 is 138. The van der Waals surface area contributed by atoms with Gasteiger partial charge in [0.05, 0.1) is 92.3 Å². The first-order valence-electron chi connectivity index (χ1n) is 42.7. The van der Waals surface area contributed by atoms with E-state index in [1.807, 2.05) is 97.1 Å². The number of hydrogen-bond donors (Lipinski definition) is 2. The van der Waals surface area contributed by atoms with Crippen LogP contribution in [0.15, 0.2) is 243 Å². The molecule has 0 aliphatic rings. The van der Waals surface area contributed by atoms with E-state index in [-0.39, 0.29) is 90.5 Å². The SMILES string of the molecule is COc1cc(/C=C/c2ccc(OC(=O)c3cc(OC(C)=O)ccc3COS(N)(=O)=O)cc2)cc(OC)c1.COc1cc(/C=C/c2ccc(OC(=O)c3cc(OC(C)=O)ccc3COS(N)(=O)=O)cc2)cc(OC)c1.COc1cc(/C=C/c2ccc(OC(=O)c3cc(OC(C)=O)ccc3CO[N+](=O)[O-])cc2)cc(OC)c1.COc1cc(/C=C/c2ccc(OC(=O)c3cc(OC(C)=O)ccc3CO[N+](=O)[O-])cc2)cc(OC)c1. The molecule has 0 aliphatic carbocycles. The van der Waals surface area contributed by atoms with E-state index in [0.29, 0.717) is 46.0 Å². The molecule has 0 radical (unpaired) electrons. The summed E-state index contributed by atoms with van der Waals surface area (Å²) >= 11 is 0. The molecule has 12 rings (SSSR count). The lowest BCUT2D eigenvalue weighted by atomic mass is 10.1. The maximum absolute atomic E-state index is 12.9. The number of methoxy groups -OCH3 is 8. The number of hydrogen-bond acceptors (Lipinski definition) is 36. The molecule has 0 aromatic heterocycles. The first-order chi connectivity index (χ1) is 69.6. The van der Waals surface area contributed by atoms with E-state index in [2.05, 4.69) is 18.0 Å². The number of benzene rings is 12. The highest BCUT2D eigenvalue weighted by Crippen LogP contribution is 2.34. The summed E-state index contributed by atoms with van der Waals surface area (Å²) in [4.78, 5) is 126. The van der Waals surface area contributed by atoms with Crippen molar-refractivity contribution in [3.8, 4) is 92.0 Å².